The average Bonchev–Trinajstić information content (AvgIpc) is 2.86. The maximum absolute atomic E-state index is 12.3. The van der Waals surface area contributed by atoms with Crippen LogP contribution in [0.15, 0.2) is 24.3 Å². The second-order valence-corrected chi connectivity index (χ2v) is 12.9. The topological polar surface area (TPSA) is 86.8 Å². The van der Waals surface area contributed by atoms with Gasteiger partial charge >= 0.3 is 22.4 Å². The molecule has 0 saturated heterocycles. The normalized spacial score (nSPS) is 11.9. The Kier molecular flexibility index (Phi) is 21.0. The van der Waals surface area contributed by atoms with Gasteiger partial charge in [-0.15, -0.1) is 13.1 Å². The molecule has 38 heavy (non-hydrogen) atoms. The number of unbranched alkanes of at least 4 members (excludes halogenated alkanes) is 1. The summed E-state index contributed by atoms with van der Waals surface area (Å²) in [6, 6.07) is 7.38. The van der Waals surface area contributed by atoms with Crippen LogP contribution in [0.2, 0.25) is 0 Å². The Bertz CT molecular complexity index is 719. The van der Waals surface area contributed by atoms with Crippen LogP contribution >= 0.6 is 0 Å². The van der Waals surface area contributed by atoms with Crippen LogP contribution in [0.4, 0.5) is 0 Å². The van der Waals surface area contributed by atoms with Crippen molar-refractivity contribution < 1.29 is 31.9 Å². The summed E-state index contributed by atoms with van der Waals surface area (Å²) in [4.78, 5) is 14.6. The van der Waals surface area contributed by atoms with Crippen LogP contribution in [-0.4, -0.2) is 79.3 Å². The first-order valence-electron chi connectivity index (χ1n) is 13.5. The van der Waals surface area contributed by atoms with Crippen LogP contribution in [-0.2, 0) is 47.6 Å². The predicted octanol–water partition coefficient (Wildman–Crippen LogP) is 5.20. The summed E-state index contributed by atoms with van der Waals surface area (Å²) in [5, 5.41) is 12.4. The number of ether oxygens (including phenoxy) is 1. The number of rotatable bonds is 20. The second kappa shape index (κ2) is 21.3. The third kappa shape index (κ3) is 20.4. The summed E-state index contributed by atoms with van der Waals surface area (Å²) in [5.74, 6) is 1.16. The fourth-order valence-corrected chi connectivity index (χ4v) is 3.85. The van der Waals surface area contributed by atoms with Gasteiger partial charge in [0.15, 0.2) is 0 Å². The first kappa shape index (κ1) is 37.5. The molecule has 217 valence electrons. The number of carbonyl (C=O) groups is 1. The fraction of sp³-hybridized carbons (Fsp3) is 0.750. The van der Waals surface area contributed by atoms with Crippen LogP contribution in [0.25, 0.3) is 10.6 Å². The molecule has 0 heterocycles. The molecule has 0 saturated carbocycles. The molecule has 0 radical (unpaired) electrons. The van der Waals surface area contributed by atoms with Crippen LogP contribution in [0.3, 0.4) is 0 Å². The molecule has 7 nitrogen and oxygen atoms in total. The van der Waals surface area contributed by atoms with Crippen LogP contribution < -0.4 is 10.1 Å². The Morgan fingerprint density at radius 1 is 0.974 bits per heavy atom. The number of amides is 1. The minimum absolute atomic E-state index is 0.0468. The van der Waals surface area contributed by atoms with Gasteiger partial charge in [-0.25, -0.2) is 0 Å². The van der Waals surface area contributed by atoms with Crippen molar-refractivity contribution in [2.24, 2.45) is 5.92 Å². The van der Waals surface area contributed by atoms with Gasteiger partial charge in [0.25, 0.3) is 5.91 Å². The van der Waals surface area contributed by atoms with Crippen molar-refractivity contribution in [2.75, 3.05) is 59.0 Å². The van der Waals surface area contributed by atoms with E-state index in [1.807, 2.05) is 52.0 Å². The van der Waals surface area contributed by atoms with Gasteiger partial charge in [0.2, 0.25) is 0 Å². The molecule has 1 aromatic rings. The molecule has 0 aromatic heterocycles. The van der Waals surface area contributed by atoms with Crippen molar-refractivity contribution in [2.45, 2.75) is 70.3 Å². The van der Waals surface area contributed by atoms with Gasteiger partial charge in [-0.1, -0.05) is 53.9 Å². The number of nitrogens with one attached hydrogen (secondary N) is 1. The molecule has 1 rings (SSSR count). The summed E-state index contributed by atoms with van der Waals surface area (Å²) in [5.41, 5.74) is 0.654. The monoisotopic (exact) mass is 649 g/mol. The number of likely N-dealkylation sites (N-methyl/N-ethyl adjacent to an activating group) is 1. The van der Waals surface area contributed by atoms with Crippen LogP contribution in [0.1, 0.15) is 71.2 Å². The van der Waals surface area contributed by atoms with E-state index in [0.717, 1.165) is 76.6 Å². The van der Waals surface area contributed by atoms with E-state index in [1.54, 1.807) is 0 Å². The van der Waals surface area contributed by atoms with Crippen molar-refractivity contribution in [3.63, 3.8) is 0 Å². The second-order valence-electron chi connectivity index (χ2n) is 10.7. The molecule has 0 atom stereocenters. The molecule has 0 aliphatic rings. The van der Waals surface area contributed by atoms with Gasteiger partial charge in [0, 0.05) is 18.7 Å². The standard InChI is InChI=1S/C28H50N4O2S2.O.Tc/c1-7-32(8-2)17-16-31-26(33)24-12-14-25(15-13-24)34-18-10-9-11-23(19-29-21-27(3,4)35)20-30-22-28(5,6)36;;/h12-15,23,35-36H,7-11,16-22H2,1-6H3,(H,31,33);;/q-2;;+4/p-2. The average molecular weight is 651 g/mol. The quantitative estimate of drug-likeness (QED) is 0.154. The Balaban J connectivity index is 0.00000667. The van der Waals surface area contributed by atoms with Gasteiger partial charge in [-0.2, -0.15) is 22.6 Å². The Morgan fingerprint density at radius 2 is 1.50 bits per heavy atom. The van der Waals surface area contributed by atoms with Gasteiger partial charge in [0.05, 0.1) is 6.61 Å². The minimum atomic E-state index is -0.195. The molecule has 0 fully saturated rings. The number of nitrogens with zero attached hydrogens (tertiary/aromatic N) is 3. The van der Waals surface area contributed by atoms with Crippen molar-refractivity contribution in [1.29, 1.82) is 0 Å². The first-order chi connectivity index (χ1) is 17.9. The van der Waals surface area contributed by atoms with E-state index in [0.29, 0.717) is 37.7 Å². The van der Waals surface area contributed by atoms with E-state index in [1.165, 1.54) is 0 Å². The SMILES string of the molecule is CCN(CC)CCNC(=O)c1ccc(OCCCCC(C[N-]CC(C)(C)[S-])C[N-]CC(C)(C)[S-])cc1.[O]=[Tc+4]. The summed E-state index contributed by atoms with van der Waals surface area (Å²) in [6.07, 6.45) is 3.07. The molecule has 0 aliphatic carbocycles. The van der Waals surface area contributed by atoms with E-state index in [-0.39, 0.29) is 15.4 Å². The van der Waals surface area contributed by atoms with Gasteiger partial charge in [0.1, 0.15) is 5.75 Å². The van der Waals surface area contributed by atoms with Crippen molar-refractivity contribution in [1.82, 2.24) is 10.2 Å². The molecule has 0 spiro atoms. The number of hydrogen-bond acceptors (Lipinski definition) is 6. The molecule has 1 N–H and O–H groups in total. The van der Waals surface area contributed by atoms with E-state index in [9.17, 15) is 4.79 Å². The molecule has 10 heteroatoms. The summed E-state index contributed by atoms with van der Waals surface area (Å²) in [6.45, 7) is 19.5. The van der Waals surface area contributed by atoms with Crippen LogP contribution in [0, 0.1) is 5.92 Å². The molecule has 0 bridgehead atoms. The van der Waals surface area contributed by atoms with Gasteiger partial charge in [-0.05, 0) is 50.2 Å². The fourth-order valence-electron chi connectivity index (χ4n) is 3.67. The number of carbonyl (C=O) groups excluding carboxylic acids is 1. The van der Waals surface area contributed by atoms with Crippen molar-refractivity contribution in [3.05, 3.63) is 40.5 Å². The van der Waals surface area contributed by atoms with E-state index in [2.05, 4.69) is 24.1 Å². The zero-order valence-corrected chi connectivity index (χ0v) is 27.6. The summed E-state index contributed by atoms with van der Waals surface area (Å²) >= 11 is 11.8. The van der Waals surface area contributed by atoms with Crippen molar-refractivity contribution in [3.8, 4) is 5.75 Å². The predicted molar refractivity (Wildman–Crippen MR) is 159 cm³/mol. The summed E-state index contributed by atoms with van der Waals surface area (Å²) in [7, 11) is 0. The molecular formula is C28H48N4O3S2Tc. The zero-order chi connectivity index (χ0) is 29.0. The number of benzene rings is 1. The van der Waals surface area contributed by atoms with Crippen LogP contribution in [0.5, 0.6) is 5.75 Å². The zero-order valence-electron chi connectivity index (χ0n) is 24.1. The van der Waals surface area contributed by atoms with Crippen molar-refractivity contribution >= 4 is 31.2 Å². The third-order valence-corrected chi connectivity index (χ3v) is 6.02. The summed E-state index contributed by atoms with van der Waals surface area (Å²) < 4.78 is 13.7. The van der Waals surface area contributed by atoms with E-state index < -0.39 is 0 Å². The molecule has 1 amide bonds. The number of hydrogen-bond donors (Lipinski definition) is 1. The Morgan fingerprint density at radius 3 is 1.97 bits per heavy atom. The first-order valence-corrected chi connectivity index (χ1v) is 15.1. The Hall–Kier alpha value is -0.481. The van der Waals surface area contributed by atoms with E-state index >= 15 is 0 Å². The third-order valence-electron chi connectivity index (χ3n) is 5.76. The molecular weight excluding hydrogens is 602 g/mol. The Labute approximate surface area is 253 Å². The molecule has 0 unspecified atom stereocenters. The van der Waals surface area contributed by atoms with E-state index in [4.69, 9.17) is 44.1 Å². The molecule has 1 aromatic carbocycles. The van der Waals surface area contributed by atoms with Gasteiger partial charge in [-0.3, -0.25) is 4.79 Å². The molecule has 0 aliphatic heterocycles. The van der Waals surface area contributed by atoms with Gasteiger partial charge < -0.3 is 50.8 Å². The maximum atomic E-state index is 12.3.